The molecule has 0 aliphatic rings. The Labute approximate surface area is 171 Å². The zero-order valence-electron chi connectivity index (χ0n) is 15.3. The molecule has 0 amide bonds. The number of rotatable bonds is 6. The Morgan fingerprint density at radius 2 is 1.87 bits per heavy atom. The molecule has 3 aromatic rings. The monoisotopic (exact) mass is 438 g/mol. The lowest BCUT2D eigenvalue weighted by molar-refractivity contribution is -0.384. The predicted molar refractivity (Wildman–Crippen MR) is 102 cm³/mol. The summed E-state index contributed by atoms with van der Waals surface area (Å²) >= 11 is 1.16. The number of non-ortho nitro benzene ring substituents is 1. The number of alkyl halides is 3. The van der Waals surface area contributed by atoms with E-state index in [-0.39, 0.29) is 23.6 Å². The van der Waals surface area contributed by atoms with Crippen molar-refractivity contribution in [1.82, 2.24) is 4.98 Å². The van der Waals surface area contributed by atoms with Gasteiger partial charge in [0.2, 0.25) is 0 Å². The van der Waals surface area contributed by atoms with Gasteiger partial charge in [0.1, 0.15) is 5.01 Å². The van der Waals surface area contributed by atoms with E-state index in [9.17, 15) is 28.1 Å². The van der Waals surface area contributed by atoms with Gasteiger partial charge in [0.05, 0.1) is 35.8 Å². The molecular weight excluding hydrogens is 425 g/mol. The molecule has 0 N–H and O–H groups in total. The Kier molecular flexibility index (Phi) is 6.01. The number of hydrogen-bond acceptors (Lipinski definition) is 7. The molecule has 7 nitrogen and oxygen atoms in total. The minimum absolute atomic E-state index is 0.102. The van der Waals surface area contributed by atoms with Crippen LogP contribution in [0.1, 0.15) is 11.3 Å². The average molecular weight is 438 g/mol. The summed E-state index contributed by atoms with van der Waals surface area (Å²) in [6.07, 6.45) is -4.66. The normalized spacial score (nSPS) is 11.2. The van der Waals surface area contributed by atoms with Gasteiger partial charge >= 0.3 is 12.1 Å². The van der Waals surface area contributed by atoms with Gasteiger partial charge in [0.15, 0.2) is 11.5 Å². The Morgan fingerprint density at radius 3 is 2.47 bits per heavy atom. The summed E-state index contributed by atoms with van der Waals surface area (Å²) in [6.45, 7) is 0. The summed E-state index contributed by atoms with van der Waals surface area (Å²) in [5.74, 6) is -0.675. The lowest BCUT2D eigenvalue weighted by Crippen LogP contribution is -2.12. The molecular formula is C19H13F3N2O5S. The maximum atomic E-state index is 12.7. The smallest absolute Gasteiger partial charge is 0.416 e. The van der Waals surface area contributed by atoms with Gasteiger partial charge in [-0.25, -0.2) is 4.98 Å². The third-order valence-corrected chi connectivity index (χ3v) is 4.86. The number of nitrogens with zero attached hydrogens (tertiary/aromatic N) is 2. The summed E-state index contributed by atoms with van der Waals surface area (Å²) in [6, 6.07) is 8.12. The molecule has 0 spiro atoms. The molecule has 0 bridgehead atoms. The Morgan fingerprint density at radius 1 is 1.17 bits per heavy atom. The molecule has 3 rings (SSSR count). The first-order valence-electron chi connectivity index (χ1n) is 8.32. The van der Waals surface area contributed by atoms with Crippen LogP contribution >= 0.6 is 11.3 Å². The summed E-state index contributed by atoms with van der Waals surface area (Å²) in [5.41, 5.74) is -0.202. The number of esters is 1. The van der Waals surface area contributed by atoms with E-state index in [2.05, 4.69) is 4.98 Å². The first kappa shape index (κ1) is 21.2. The van der Waals surface area contributed by atoms with Gasteiger partial charge in [0.25, 0.3) is 5.69 Å². The minimum atomic E-state index is -4.43. The number of halogens is 3. The number of nitro benzene ring substituents is 1. The van der Waals surface area contributed by atoms with E-state index in [1.807, 2.05) is 0 Å². The molecule has 0 fully saturated rings. The van der Waals surface area contributed by atoms with Crippen LogP contribution < -0.4 is 9.47 Å². The van der Waals surface area contributed by atoms with Crippen molar-refractivity contribution in [1.29, 1.82) is 0 Å². The van der Waals surface area contributed by atoms with Crippen LogP contribution in [-0.4, -0.2) is 23.0 Å². The van der Waals surface area contributed by atoms with Crippen LogP contribution in [0.25, 0.3) is 10.6 Å². The molecule has 0 atom stereocenters. The van der Waals surface area contributed by atoms with Crippen LogP contribution in [0.2, 0.25) is 0 Å². The zero-order chi connectivity index (χ0) is 21.9. The topological polar surface area (TPSA) is 91.6 Å². The third-order valence-electron chi connectivity index (χ3n) is 3.92. The number of hydrogen-bond donors (Lipinski definition) is 0. The SMILES string of the molecule is COc1ccc([N+](=O)[O-])cc1OC(=O)Cc1csc(-c2ccc(C(F)(F)F)cc2)n1. The number of benzene rings is 2. The third kappa shape index (κ3) is 4.92. The number of thiazole rings is 1. The maximum absolute atomic E-state index is 12.7. The molecule has 0 radical (unpaired) electrons. The maximum Gasteiger partial charge on any atom is 0.416 e. The average Bonchev–Trinajstić information content (AvgIpc) is 3.15. The predicted octanol–water partition coefficient (Wildman–Crippen LogP) is 4.89. The van der Waals surface area contributed by atoms with E-state index in [4.69, 9.17) is 9.47 Å². The van der Waals surface area contributed by atoms with Crippen LogP contribution in [-0.2, 0) is 17.4 Å². The van der Waals surface area contributed by atoms with E-state index in [0.717, 1.165) is 29.5 Å². The number of carbonyl (C=O) groups is 1. The van der Waals surface area contributed by atoms with E-state index >= 15 is 0 Å². The fourth-order valence-electron chi connectivity index (χ4n) is 2.49. The van der Waals surface area contributed by atoms with E-state index in [1.54, 1.807) is 5.38 Å². The van der Waals surface area contributed by atoms with Crippen molar-refractivity contribution in [3.8, 4) is 22.1 Å². The van der Waals surface area contributed by atoms with Crippen molar-refractivity contribution >= 4 is 23.0 Å². The molecule has 1 aromatic heterocycles. The van der Waals surface area contributed by atoms with Gasteiger partial charge in [-0.1, -0.05) is 12.1 Å². The molecule has 1 heterocycles. The fourth-order valence-corrected chi connectivity index (χ4v) is 3.31. The van der Waals surface area contributed by atoms with Crippen molar-refractivity contribution in [3.05, 3.63) is 69.2 Å². The van der Waals surface area contributed by atoms with E-state index < -0.39 is 22.6 Å². The highest BCUT2D eigenvalue weighted by atomic mass is 32.1. The second kappa shape index (κ2) is 8.49. The molecule has 0 aliphatic carbocycles. The molecule has 0 saturated heterocycles. The Bertz CT molecular complexity index is 1080. The van der Waals surface area contributed by atoms with Gasteiger partial charge in [-0.2, -0.15) is 13.2 Å². The van der Waals surface area contributed by atoms with Crippen LogP contribution in [0.15, 0.2) is 47.8 Å². The summed E-state index contributed by atoms with van der Waals surface area (Å²) < 4.78 is 48.2. The summed E-state index contributed by atoms with van der Waals surface area (Å²) in [7, 11) is 1.33. The molecule has 0 saturated carbocycles. The van der Waals surface area contributed by atoms with Gasteiger partial charge in [-0.3, -0.25) is 14.9 Å². The molecule has 2 aromatic carbocycles. The van der Waals surface area contributed by atoms with Crippen LogP contribution in [0.5, 0.6) is 11.5 Å². The minimum Gasteiger partial charge on any atom is -0.493 e. The standard InChI is InChI=1S/C19H13F3N2O5S/c1-28-15-7-6-14(24(26)27)9-16(15)29-17(25)8-13-10-30-18(23-13)11-2-4-12(5-3-11)19(20,21)22/h2-7,9-10H,8H2,1H3. The molecule has 0 aliphatic heterocycles. The first-order chi connectivity index (χ1) is 14.2. The van der Waals surface area contributed by atoms with Crippen molar-refractivity contribution in [2.75, 3.05) is 7.11 Å². The van der Waals surface area contributed by atoms with Gasteiger partial charge < -0.3 is 9.47 Å². The fraction of sp³-hybridized carbons (Fsp3) is 0.158. The largest absolute Gasteiger partial charge is 0.493 e. The van der Waals surface area contributed by atoms with E-state index in [0.29, 0.717) is 16.3 Å². The van der Waals surface area contributed by atoms with Gasteiger partial charge in [-0.15, -0.1) is 11.3 Å². The Hall–Kier alpha value is -3.47. The first-order valence-corrected chi connectivity index (χ1v) is 9.20. The van der Waals surface area contributed by atoms with Crippen LogP contribution in [0, 0.1) is 10.1 Å². The second-order valence-electron chi connectivity index (χ2n) is 5.96. The number of methoxy groups -OCH3 is 1. The van der Waals surface area contributed by atoms with Crippen LogP contribution in [0.4, 0.5) is 18.9 Å². The number of aromatic nitrogens is 1. The Balaban J connectivity index is 1.71. The molecule has 0 unspecified atom stereocenters. The summed E-state index contributed by atoms with van der Waals surface area (Å²) in [5, 5.41) is 12.9. The van der Waals surface area contributed by atoms with Crippen molar-refractivity contribution < 1.29 is 32.4 Å². The zero-order valence-corrected chi connectivity index (χ0v) is 16.1. The highest BCUT2D eigenvalue weighted by molar-refractivity contribution is 7.13. The lowest BCUT2D eigenvalue weighted by atomic mass is 10.1. The van der Waals surface area contributed by atoms with Crippen LogP contribution in [0.3, 0.4) is 0 Å². The molecule has 11 heteroatoms. The van der Waals surface area contributed by atoms with Crippen molar-refractivity contribution in [2.45, 2.75) is 12.6 Å². The number of carbonyl (C=O) groups excluding carboxylic acids is 1. The lowest BCUT2D eigenvalue weighted by Gasteiger charge is -2.08. The molecule has 156 valence electrons. The van der Waals surface area contributed by atoms with Gasteiger partial charge in [0, 0.05) is 17.0 Å². The summed E-state index contributed by atoms with van der Waals surface area (Å²) in [4.78, 5) is 26.7. The second-order valence-corrected chi connectivity index (χ2v) is 6.82. The number of ether oxygens (including phenoxy) is 2. The quantitative estimate of drug-likeness (QED) is 0.235. The highest BCUT2D eigenvalue weighted by Crippen LogP contribution is 2.33. The van der Waals surface area contributed by atoms with E-state index in [1.165, 1.54) is 31.4 Å². The van der Waals surface area contributed by atoms with Crippen molar-refractivity contribution in [2.24, 2.45) is 0 Å². The van der Waals surface area contributed by atoms with Crippen molar-refractivity contribution in [3.63, 3.8) is 0 Å². The highest BCUT2D eigenvalue weighted by Gasteiger charge is 2.30. The number of nitro groups is 1. The van der Waals surface area contributed by atoms with Gasteiger partial charge in [-0.05, 0) is 18.2 Å². The molecule has 30 heavy (non-hydrogen) atoms.